The molecule has 2 N–H and O–H groups in total. The maximum absolute atomic E-state index is 13.0. The molecule has 1 rings (SSSR count). The van der Waals surface area contributed by atoms with Crippen molar-refractivity contribution >= 4 is 11.8 Å². The quantitative estimate of drug-likeness (QED) is 0.780. The molecule has 1 aromatic carbocycles. The molecular weight excluding hydrogens is 215 g/mol. The summed E-state index contributed by atoms with van der Waals surface area (Å²) in [7, 11) is 0. The van der Waals surface area contributed by atoms with Crippen LogP contribution in [-0.2, 0) is 0 Å². The largest absolute Gasteiger partial charge is 0.395 e. The first-order valence-corrected chi connectivity index (χ1v) is 5.67. The average Bonchev–Trinajstić information content (AvgIpc) is 2.20. The molecule has 0 saturated carbocycles. The van der Waals surface area contributed by atoms with Gasteiger partial charge in [-0.2, -0.15) is 0 Å². The molecule has 0 bridgehead atoms. The van der Waals surface area contributed by atoms with E-state index in [1.807, 2.05) is 6.92 Å². The summed E-state index contributed by atoms with van der Waals surface area (Å²) in [5.41, 5.74) is 0.570. The summed E-state index contributed by atoms with van der Waals surface area (Å²) < 4.78 is 13.0. The Morgan fingerprint density at radius 3 is 2.60 bits per heavy atom. The van der Waals surface area contributed by atoms with Crippen molar-refractivity contribution in [2.24, 2.45) is 0 Å². The van der Waals surface area contributed by atoms with Crippen LogP contribution in [0.1, 0.15) is 25.5 Å². The Bertz CT molecular complexity index is 328. The van der Waals surface area contributed by atoms with Crippen LogP contribution in [0.3, 0.4) is 0 Å². The fourth-order valence-corrected chi connectivity index (χ4v) is 2.23. The Labute approximate surface area is 93.1 Å². The number of hydrogen-bond acceptors (Lipinski definition) is 3. The predicted molar refractivity (Wildman–Crippen MR) is 59.4 cm³/mol. The molecule has 2 nitrogen and oxygen atoms in total. The predicted octanol–water partition coefficient (Wildman–Crippen LogP) is 2.35. The van der Waals surface area contributed by atoms with E-state index < -0.39 is 6.10 Å². The second-order valence-electron chi connectivity index (χ2n) is 3.47. The third-order valence-corrected chi connectivity index (χ3v) is 3.18. The Kier molecular flexibility index (Phi) is 4.57. The fraction of sp³-hybridized carbons (Fsp3) is 0.455. The van der Waals surface area contributed by atoms with E-state index in [9.17, 15) is 9.50 Å². The first-order valence-electron chi connectivity index (χ1n) is 4.79. The van der Waals surface area contributed by atoms with Crippen LogP contribution in [0.15, 0.2) is 23.1 Å². The molecule has 0 saturated heterocycles. The topological polar surface area (TPSA) is 40.5 Å². The third kappa shape index (κ3) is 3.48. The van der Waals surface area contributed by atoms with Gasteiger partial charge in [0, 0.05) is 10.1 Å². The first-order chi connectivity index (χ1) is 7.04. The molecular formula is C11H15FO2S. The van der Waals surface area contributed by atoms with Gasteiger partial charge in [0.05, 0.1) is 12.7 Å². The van der Waals surface area contributed by atoms with Crippen LogP contribution in [-0.4, -0.2) is 22.1 Å². The van der Waals surface area contributed by atoms with Gasteiger partial charge >= 0.3 is 0 Å². The molecule has 84 valence electrons. The Balaban J connectivity index is 2.95. The first kappa shape index (κ1) is 12.5. The number of aliphatic hydroxyl groups is 2. The molecule has 0 heterocycles. The second-order valence-corrected chi connectivity index (χ2v) is 4.95. The highest BCUT2D eigenvalue weighted by Gasteiger charge is 2.12. The molecule has 0 aliphatic heterocycles. The Hall–Kier alpha value is -0.580. The zero-order valence-corrected chi connectivity index (χ0v) is 9.59. The van der Waals surface area contributed by atoms with Gasteiger partial charge < -0.3 is 10.2 Å². The maximum Gasteiger partial charge on any atom is 0.123 e. The average molecular weight is 230 g/mol. The number of halogens is 1. The smallest absolute Gasteiger partial charge is 0.123 e. The fourth-order valence-electron chi connectivity index (χ4n) is 1.21. The molecule has 0 spiro atoms. The van der Waals surface area contributed by atoms with Crippen LogP contribution in [0.5, 0.6) is 0 Å². The highest BCUT2D eigenvalue weighted by Crippen LogP contribution is 2.30. The summed E-state index contributed by atoms with van der Waals surface area (Å²) in [5.74, 6) is -0.355. The van der Waals surface area contributed by atoms with Crippen LogP contribution < -0.4 is 0 Å². The highest BCUT2D eigenvalue weighted by molar-refractivity contribution is 8.00. The lowest BCUT2D eigenvalue weighted by Crippen LogP contribution is -2.04. The van der Waals surface area contributed by atoms with Gasteiger partial charge in [-0.1, -0.05) is 6.92 Å². The molecule has 1 aromatic rings. The van der Waals surface area contributed by atoms with E-state index in [2.05, 4.69) is 0 Å². The highest BCUT2D eigenvalue weighted by atomic mass is 32.2. The lowest BCUT2D eigenvalue weighted by atomic mass is 10.1. The molecule has 0 radical (unpaired) electrons. The van der Waals surface area contributed by atoms with Crippen molar-refractivity contribution in [1.82, 2.24) is 0 Å². The summed E-state index contributed by atoms with van der Waals surface area (Å²) >= 11 is 1.43. The Morgan fingerprint density at radius 2 is 2.07 bits per heavy atom. The lowest BCUT2D eigenvalue weighted by Gasteiger charge is -2.14. The van der Waals surface area contributed by atoms with Gasteiger partial charge in [-0.25, -0.2) is 4.39 Å². The number of hydrogen-bond donors (Lipinski definition) is 2. The third-order valence-electron chi connectivity index (χ3n) is 2.01. The zero-order chi connectivity index (χ0) is 11.4. The summed E-state index contributed by atoms with van der Waals surface area (Å²) in [6, 6.07) is 4.32. The van der Waals surface area contributed by atoms with Crippen molar-refractivity contribution < 1.29 is 14.6 Å². The molecule has 0 amide bonds. The minimum Gasteiger partial charge on any atom is -0.395 e. The monoisotopic (exact) mass is 230 g/mol. The minimum absolute atomic E-state index is 0.0351. The number of rotatable bonds is 4. The van der Waals surface area contributed by atoms with Crippen molar-refractivity contribution in [3.8, 4) is 0 Å². The van der Waals surface area contributed by atoms with Gasteiger partial charge in [-0.15, -0.1) is 11.8 Å². The number of thioether (sulfide) groups is 1. The number of aliphatic hydroxyl groups excluding tert-OH is 2. The summed E-state index contributed by atoms with van der Waals surface area (Å²) in [4.78, 5) is 0.813. The standard InChI is InChI=1S/C11H15FO2S/c1-7(6-13)15-11-4-3-9(12)5-10(11)8(2)14/h3-5,7-8,13-14H,6H2,1-2H3. The van der Waals surface area contributed by atoms with Crippen molar-refractivity contribution in [3.05, 3.63) is 29.6 Å². The van der Waals surface area contributed by atoms with E-state index in [1.54, 1.807) is 13.0 Å². The summed E-state index contributed by atoms with van der Waals surface area (Å²) in [5, 5.41) is 18.4. The molecule has 0 aliphatic rings. The normalized spacial score (nSPS) is 15.0. The molecule has 15 heavy (non-hydrogen) atoms. The molecule has 2 unspecified atom stereocenters. The zero-order valence-electron chi connectivity index (χ0n) is 8.77. The van der Waals surface area contributed by atoms with Crippen molar-refractivity contribution in [2.75, 3.05) is 6.61 Å². The molecule has 0 aromatic heterocycles. The summed E-state index contributed by atoms with van der Waals surface area (Å²) in [6.45, 7) is 3.53. The van der Waals surface area contributed by atoms with Gasteiger partial charge in [0.25, 0.3) is 0 Å². The van der Waals surface area contributed by atoms with Crippen LogP contribution in [0.2, 0.25) is 0 Å². The van der Waals surface area contributed by atoms with E-state index in [0.717, 1.165) is 4.90 Å². The van der Waals surface area contributed by atoms with Gasteiger partial charge in [-0.3, -0.25) is 0 Å². The van der Waals surface area contributed by atoms with Gasteiger partial charge in [-0.05, 0) is 30.7 Å². The Morgan fingerprint density at radius 1 is 1.40 bits per heavy atom. The molecule has 4 heteroatoms. The summed E-state index contributed by atoms with van der Waals surface area (Å²) in [6.07, 6.45) is -0.700. The van der Waals surface area contributed by atoms with Crippen molar-refractivity contribution in [1.29, 1.82) is 0 Å². The van der Waals surface area contributed by atoms with E-state index in [0.29, 0.717) is 5.56 Å². The van der Waals surface area contributed by atoms with Gasteiger partial charge in [0.2, 0.25) is 0 Å². The van der Waals surface area contributed by atoms with E-state index in [1.165, 1.54) is 23.9 Å². The molecule has 2 atom stereocenters. The second kappa shape index (κ2) is 5.49. The molecule has 0 aliphatic carbocycles. The van der Waals surface area contributed by atoms with E-state index in [4.69, 9.17) is 5.11 Å². The van der Waals surface area contributed by atoms with Crippen LogP contribution in [0.25, 0.3) is 0 Å². The van der Waals surface area contributed by atoms with Crippen LogP contribution >= 0.6 is 11.8 Å². The van der Waals surface area contributed by atoms with E-state index in [-0.39, 0.29) is 17.7 Å². The lowest BCUT2D eigenvalue weighted by molar-refractivity contribution is 0.196. The van der Waals surface area contributed by atoms with Crippen LogP contribution in [0.4, 0.5) is 4.39 Å². The minimum atomic E-state index is -0.700. The van der Waals surface area contributed by atoms with Crippen molar-refractivity contribution in [3.63, 3.8) is 0 Å². The SMILES string of the molecule is CC(CO)Sc1ccc(F)cc1C(C)O. The van der Waals surface area contributed by atoms with Gasteiger partial charge in [0.15, 0.2) is 0 Å². The van der Waals surface area contributed by atoms with Crippen LogP contribution in [0, 0.1) is 5.82 Å². The number of benzene rings is 1. The van der Waals surface area contributed by atoms with Gasteiger partial charge in [0.1, 0.15) is 5.82 Å². The maximum atomic E-state index is 13.0. The molecule has 0 fully saturated rings. The van der Waals surface area contributed by atoms with E-state index >= 15 is 0 Å². The van der Waals surface area contributed by atoms with Crippen molar-refractivity contribution in [2.45, 2.75) is 30.1 Å².